The molecule has 0 aliphatic heterocycles. The molecule has 7 heteroatoms. The van der Waals surface area contributed by atoms with Gasteiger partial charge in [0.1, 0.15) is 17.7 Å². The number of benzene rings is 2. The smallest absolute Gasteiger partial charge is 0.408 e. The van der Waals surface area contributed by atoms with Crippen LogP contribution in [0.5, 0.6) is 0 Å². The Hall–Kier alpha value is -3.79. The number of aryl methyl sites for hydroxylation is 1. The summed E-state index contributed by atoms with van der Waals surface area (Å²) in [5.41, 5.74) is 1.68. The predicted octanol–water partition coefficient (Wildman–Crippen LogP) is 4.71. The minimum atomic E-state index is -1.08. The van der Waals surface area contributed by atoms with E-state index in [1.165, 1.54) is 0 Å². The lowest BCUT2D eigenvalue weighted by Crippen LogP contribution is -2.51. The van der Waals surface area contributed by atoms with Crippen LogP contribution >= 0.6 is 0 Å². The first-order chi connectivity index (χ1) is 16.9. The van der Waals surface area contributed by atoms with Crippen LogP contribution < -0.4 is 10.6 Å². The predicted molar refractivity (Wildman–Crippen MR) is 141 cm³/mol. The molecule has 2 aromatic carbocycles. The first-order valence-corrected chi connectivity index (χ1v) is 12.1. The zero-order valence-electron chi connectivity index (χ0n) is 22.0. The third-order valence-electron chi connectivity index (χ3n) is 5.25. The van der Waals surface area contributed by atoms with Crippen molar-refractivity contribution in [1.82, 2.24) is 15.5 Å². The Balaban J connectivity index is 2.38. The number of hydrogen-bond acceptors (Lipinski definition) is 4. The number of nitrogens with zero attached hydrogens (tertiary/aromatic N) is 1. The Morgan fingerprint density at radius 2 is 1.72 bits per heavy atom. The van der Waals surface area contributed by atoms with Crippen LogP contribution in [-0.2, 0) is 20.9 Å². The minimum Gasteiger partial charge on any atom is -0.444 e. The summed E-state index contributed by atoms with van der Waals surface area (Å²) >= 11 is 0. The second-order valence-corrected chi connectivity index (χ2v) is 10.2. The number of nitrogens with one attached hydrogen (secondary N) is 2. The average Bonchev–Trinajstić information content (AvgIpc) is 2.79. The van der Waals surface area contributed by atoms with Gasteiger partial charge in [0.05, 0.1) is 0 Å². The molecule has 2 unspecified atom stereocenters. The van der Waals surface area contributed by atoms with Crippen LogP contribution in [0.25, 0.3) is 0 Å². The highest BCUT2D eigenvalue weighted by Crippen LogP contribution is 2.24. The van der Waals surface area contributed by atoms with Gasteiger partial charge in [-0.3, -0.25) is 14.5 Å². The molecule has 192 valence electrons. The van der Waals surface area contributed by atoms with Crippen LogP contribution in [-0.4, -0.2) is 34.5 Å². The fraction of sp³-hybridized carbons (Fsp3) is 0.414. The molecule has 0 radical (unpaired) electrons. The van der Waals surface area contributed by atoms with Crippen molar-refractivity contribution >= 4 is 17.9 Å². The third kappa shape index (κ3) is 8.77. The van der Waals surface area contributed by atoms with Gasteiger partial charge in [0, 0.05) is 12.6 Å². The van der Waals surface area contributed by atoms with Gasteiger partial charge in [-0.2, -0.15) is 0 Å². The molecule has 0 aliphatic rings. The van der Waals surface area contributed by atoms with E-state index in [4.69, 9.17) is 11.2 Å². The molecule has 0 aliphatic carbocycles. The largest absolute Gasteiger partial charge is 0.444 e. The van der Waals surface area contributed by atoms with Crippen LogP contribution in [0, 0.1) is 25.3 Å². The number of alkyl carbamates (subject to hydrolysis) is 1. The standard InChI is InChI=1S/C29H37N3O4/c1-8-32(27(34)24(17-20(2)3)31-28(35)36-29(5,6)7)25(23-16-12-13-21(4)18-23)26(33)30-19-22-14-10-9-11-15-22/h1,9-16,18,20,24-25H,17,19H2,2-7H3,(H,30,33)(H,31,35). The molecule has 0 saturated heterocycles. The van der Waals surface area contributed by atoms with Crippen molar-refractivity contribution in [3.05, 3.63) is 71.3 Å². The van der Waals surface area contributed by atoms with Gasteiger partial charge in [-0.05, 0) is 51.2 Å². The van der Waals surface area contributed by atoms with Crippen LogP contribution in [0.1, 0.15) is 63.8 Å². The van der Waals surface area contributed by atoms with Crippen LogP contribution in [0.4, 0.5) is 4.79 Å². The van der Waals surface area contributed by atoms with E-state index in [9.17, 15) is 14.4 Å². The number of amides is 3. The van der Waals surface area contributed by atoms with Gasteiger partial charge in [-0.1, -0.05) is 80.4 Å². The number of terminal acetylenes is 1. The quantitative estimate of drug-likeness (QED) is 0.393. The van der Waals surface area contributed by atoms with E-state index in [2.05, 4.69) is 16.7 Å². The van der Waals surface area contributed by atoms with Gasteiger partial charge in [0.15, 0.2) is 0 Å². The number of hydrogen-bond donors (Lipinski definition) is 2. The maximum atomic E-state index is 13.7. The minimum absolute atomic E-state index is 0.0674. The lowest BCUT2D eigenvalue weighted by atomic mass is 9.98. The highest BCUT2D eigenvalue weighted by atomic mass is 16.6. The van der Waals surface area contributed by atoms with Gasteiger partial charge in [0.2, 0.25) is 5.91 Å². The van der Waals surface area contributed by atoms with Crippen LogP contribution in [0.2, 0.25) is 0 Å². The zero-order valence-corrected chi connectivity index (χ0v) is 22.0. The Kier molecular flexibility index (Phi) is 10.1. The Labute approximate surface area is 214 Å². The highest BCUT2D eigenvalue weighted by molar-refractivity contribution is 5.93. The second kappa shape index (κ2) is 12.8. The topological polar surface area (TPSA) is 87.7 Å². The summed E-state index contributed by atoms with van der Waals surface area (Å²) < 4.78 is 5.36. The van der Waals surface area contributed by atoms with Gasteiger partial charge >= 0.3 is 6.09 Å². The number of carbonyl (C=O) groups is 3. The van der Waals surface area contributed by atoms with E-state index in [-0.39, 0.29) is 12.5 Å². The number of carbonyl (C=O) groups excluding carboxylic acids is 3. The van der Waals surface area contributed by atoms with Crippen molar-refractivity contribution in [1.29, 1.82) is 0 Å². The van der Waals surface area contributed by atoms with Crippen LogP contribution in [0.3, 0.4) is 0 Å². The van der Waals surface area contributed by atoms with E-state index in [1.54, 1.807) is 26.8 Å². The molecule has 7 nitrogen and oxygen atoms in total. The van der Waals surface area contributed by atoms with E-state index >= 15 is 0 Å². The summed E-state index contributed by atoms with van der Waals surface area (Å²) in [7, 11) is 0. The molecule has 3 amide bonds. The monoisotopic (exact) mass is 491 g/mol. The summed E-state index contributed by atoms with van der Waals surface area (Å²) in [6, 6.07) is 17.1. The fourth-order valence-electron chi connectivity index (χ4n) is 3.72. The van der Waals surface area contributed by atoms with Gasteiger partial charge < -0.3 is 15.4 Å². The first-order valence-electron chi connectivity index (χ1n) is 12.1. The molecular formula is C29H37N3O4. The summed E-state index contributed by atoms with van der Waals surface area (Å²) in [6.07, 6.45) is 5.43. The average molecular weight is 492 g/mol. The maximum Gasteiger partial charge on any atom is 0.408 e. The van der Waals surface area contributed by atoms with E-state index in [0.29, 0.717) is 12.0 Å². The summed E-state index contributed by atoms with van der Waals surface area (Å²) in [5, 5.41) is 5.55. The molecule has 0 saturated carbocycles. The molecule has 0 fully saturated rings. The van der Waals surface area contributed by atoms with Crippen molar-refractivity contribution < 1.29 is 19.1 Å². The second-order valence-electron chi connectivity index (χ2n) is 10.2. The lowest BCUT2D eigenvalue weighted by Gasteiger charge is -2.31. The molecule has 0 heterocycles. The third-order valence-corrected chi connectivity index (χ3v) is 5.25. The number of ether oxygens (including phenoxy) is 1. The van der Waals surface area contributed by atoms with E-state index < -0.39 is 35.6 Å². The maximum absolute atomic E-state index is 13.7. The van der Waals surface area contributed by atoms with Crippen molar-refractivity contribution in [2.24, 2.45) is 5.92 Å². The van der Waals surface area contributed by atoms with Crippen molar-refractivity contribution in [3.63, 3.8) is 0 Å². The summed E-state index contributed by atoms with van der Waals surface area (Å²) in [5.74, 6) is -0.910. The van der Waals surface area contributed by atoms with E-state index in [1.807, 2.05) is 69.3 Å². The molecule has 2 N–H and O–H groups in total. The van der Waals surface area contributed by atoms with Crippen molar-refractivity contribution in [3.8, 4) is 12.5 Å². The van der Waals surface area contributed by atoms with E-state index in [0.717, 1.165) is 16.0 Å². The molecule has 0 spiro atoms. The molecule has 0 bridgehead atoms. The van der Waals surface area contributed by atoms with Crippen molar-refractivity contribution in [2.45, 2.75) is 72.2 Å². The SMILES string of the molecule is C#CN(C(=O)C(CC(C)C)NC(=O)OC(C)(C)C)C(C(=O)NCc1ccccc1)c1cccc(C)c1. The molecule has 0 aromatic heterocycles. The van der Waals surface area contributed by atoms with Crippen molar-refractivity contribution in [2.75, 3.05) is 0 Å². The van der Waals surface area contributed by atoms with Gasteiger partial charge in [-0.25, -0.2) is 4.79 Å². The Morgan fingerprint density at radius 3 is 2.28 bits per heavy atom. The fourth-order valence-corrected chi connectivity index (χ4v) is 3.72. The summed E-state index contributed by atoms with van der Waals surface area (Å²) in [4.78, 5) is 40.8. The lowest BCUT2D eigenvalue weighted by molar-refractivity contribution is -0.139. The molecule has 2 rings (SSSR count). The van der Waals surface area contributed by atoms with Gasteiger partial charge in [-0.15, -0.1) is 0 Å². The number of rotatable bonds is 9. The first kappa shape index (κ1) is 28.4. The summed E-state index contributed by atoms with van der Waals surface area (Å²) in [6.45, 7) is 11.3. The molecular weight excluding hydrogens is 454 g/mol. The zero-order chi connectivity index (χ0) is 26.9. The normalized spacial score (nSPS) is 12.7. The molecule has 2 atom stereocenters. The van der Waals surface area contributed by atoms with Crippen LogP contribution in [0.15, 0.2) is 54.6 Å². The molecule has 2 aromatic rings. The van der Waals surface area contributed by atoms with Gasteiger partial charge in [0.25, 0.3) is 5.91 Å². The highest BCUT2D eigenvalue weighted by Gasteiger charge is 2.36. The Bertz CT molecular complexity index is 1080. The molecule has 36 heavy (non-hydrogen) atoms. The Morgan fingerprint density at radius 1 is 1.06 bits per heavy atom.